The summed E-state index contributed by atoms with van der Waals surface area (Å²) >= 11 is 2.05. The molecular formula is C10H19NS. The average Bonchev–Trinajstić information content (AvgIpc) is 2.81. The van der Waals surface area contributed by atoms with Crippen LogP contribution in [0.25, 0.3) is 0 Å². The van der Waals surface area contributed by atoms with Crippen LogP contribution < -0.4 is 5.32 Å². The highest BCUT2D eigenvalue weighted by molar-refractivity contribution is 7.99. The topological polar surface area (TPSA) is 12.0 Å². The van der Waals surface area contributed by atoms with Crippen LogP contribution in [0.5, 0.6) is 0 Å². The molecule has 2 rings (SSSR count). The number of rotatable bonds is 4. The molecule has 1 nitrogen and oxygen atoms in total. The number of hydrogen-bond donors (Lipinski definition) is 1. The van der Waals surface area contributed by atoms with Gasteiger partial charge >= 0.3 is 0 Å². The molecule has 0 heterocycles. The molecule has 1 N–H and O–H groups in total. The Bertz CT molecular complexity index is 145. The van der Waals surface area contributed by atoms with Crippen LogP contribution in [0.4, 0.5) is 0 Å². The minimum atomic E-state index is 0.834. The van der Waals surface area contributed by atoms with E-state index in [0.717, 1.165) is 17.2 Å². The van der Waals surface area contributed by atoms with Gasteiger partial charge in [0.15, 0.2) is 0 Å². The van der Waals surface area contributed by atoms with Crippen LogP contribution in [-0.4, -0.2) is 24.1 Å². The van der Waals surface area contributed by atoms with Crippen molar-refractivity contribution in [3.05, 3.63) is 0 Å². The van der Waals surface area contributed by atoms with Crippen molar-refractivity contribution < 1.29 is 0 Å². The van der Waals surface area contributed by atoms with Gasteiger partial charge in [0.25, 0.3) is 0 Å². The van der Waals surface area contributed by atoms with Gasteiger partial charge in [-0.1, -0.05) is 6.42 Å². The lowest BCUT2D eigenvalue weighted by molar-refractivity contribution is 0.514. The second kappa shape index (κ2) is 4.01. The van der Waals surface area contributed by atoms with Gasteiger partial charge in [0.2, 0.25) is 0 Å². The Morgan fingerprint density at radius 2 is 2.08 bits per heavy atom. The third-order valence-electron chi connectivity index (χ3n) is 3.12. The van der Waals surface area contributed by atoms with E-state index in [4.69, 9.17) is 0 Å². The summed E-state index contributed by atoms with van der Waals surface area (Å²) in [6.45, 7) is 1.29. The molecule has 0 aliphatic heterocycles. The minimum Gasteiger partial charge on any atom is -0.313 e. The predicted molar refractivity (Wildman–Crippen MR) is 55.7 cm³/mol. The number of thioether (sulfide) groups is 1. The molecule has 0 spiro atoms. The molecule has 12 heavy (non-hydrogen) atoms. The lowest BCUT2D eigenvalue weighted by atomic mass is 10.2. The van der Waals surface area contributed by atoms with E-state index in [2.05, 4.69) is 23.3 Å². The van der Waals surface area contributed by atoms with Gasteiger partial charge in [0.1, 0.15) is 0 Å². The summed E-state index contributed by atoms with van der Waals surface area (Å²) in [5.41, 5.74) is 0. The Morgan fingerprint density at radius 1 is 1.25 bits per heavy atom. The van der Waals surface area contributed by atoms with Gasteiger partial charge in [-0.2, -0.15) is 11.8 Å². The van der Waals surface area contributed by atoms with Crippen LogP contribution in [-0.2, 0) is 0 Å². The molecular weight excluding hydrogens is 166 g/mol. The van der Waals surface area contributed by atoms with E-state index < -0.39 is 0 Å². The highest BCUT2D eigenvalue weighted by Gasteiger charge is 2.28. The molecule has 0 saturated heterocycles. The Labute approximate surface area is 79.7 Å². The van der Waals surface area contributed by atoms with Crippen LogP contribution in [0, 0.1) is 5.92 Å². The van der Waals surface area contributed by atoms with Crippen molar-refractivity contribution in [2.24, 2.45) is 5.92 Å². The maximum atomic E-state index is 3.72. The first-order valence-corrected chi connectivity index (χ1v) is 6.45. The van der Waals surface area contributed by atoms with E-state index in [1.807, 2.05) is 0 Å². The fourth-order valence-corrected chi connectivity index (χ4v) is 3.04. The molecule has 0 amide bonds. The molecule has 0 aromatic heterocycles. The largest absolute Gasteiger partial charge is 0.313 e. The number of nitrogens with one attached hydrogen (secondary N) is 1. The SMILES string of the molecule is CSC1CCCC1NCC1CC1. The highest BCUT2D eigenvalue weighted by Crippen LogP contribution is 2.31. The predicted octanol–water partition coefficient (Wildman–Crippen LogP) is 2.27. The van der Waals surface area contributed by atoms with Crippen molar-refractivity contribution >= 4 is 11.8 Å². The normalized spacial score (nSPS) is 35.8. The van der Waals surface area contributed by atoms with Gasteiger partial charge in [-0.3, -0.25) is 0 Å². The molecule has 2 unspecified atom stereocenters. The molecule has 0 aromatic rings. The fraction of sp³-hybridized carbons (Fsp3) is 1.00. The van der Waals surface area contributed by atoms with Crippen LogP contribution in [0.3, 0.4) is 0 Å². The van der Waals surface area contributed by atoms with Crippen LogP contribution in [0.15, 0.2) is 0 Å². The first-order valence-electron chi connectivity index (χ1n) is 5.16. The standard InChI is InChI=1S/C10H19NS/c1-12-10-4-2-3-9(10)11-7-8-5-6-8/h8-11H,2-7H2,1H3. The minimum absolute atomic E-state index is 0.834. The third kappa shape index (κ3) is 2.17. The third-order valence-corrected chi connectivity index (χ3v) is 4.29. The Morgan fingerprint density at radius 3 is 2.75 bits per heavy atom. The zero-order chi connectivity index (χ0) is 8.39. The Balaban J connectivity index is 1.69. The molecule has 0 radical (unpaired) electrons. The summed E-state index contributed by atoms with van der Waals surface area (Å²) in [4.78, 5) is 0. The average molecular weight is 185 g/mol. The zero-order valence-corrected chi connectivity index (χ0v) is 8.70. The summed E-state index contributed by atoms with van der Waals surface area (Å²) in [5.74, 6) is 1.04. The first kappa shape index (κ1) is 8.89. The molecule has 2 atom stereocenters. The molecule has 0 bridgehead atoms. The smallest absolute Gasteiger partial charge is 0.0198 e. The lowest BCUT2D eigenvalue weighted by Crippen LogP contribution is -2.35. The van der Waals surface area contributed by atoms with E-state index in [-0.39, 0.29) is 0 Å². The maximum Gasteiger partial charge on any atom is 0.0198 e. The first-order chi connectivity index (χ1) is 5.90. The summed E-state index contributed by atoms with van der Waals surface area (Å²) in [7, 11) is 0. The van der Waals surface area contributed by atoms with Crippen LogP contribution in [0.1, 0.15) is 32.1 Å². The second-order valence-electron chi connectivity index (χ2n) is 4.16. The van der Waals surface area contributed by atoms with Gasteiger partial charge in [-0.05, 0) is 44.4 Å². The lowest BCUT2D eigenvalue weighted by Gasteiger charge is -2.18. The number of hydrogen-bond acceptors (Lipinski definition) is 2. The van der Waals surface area contributed by atoms with Crippen molar-refractivity contribution in [1.29, 1.82) is 0 Å². The van der Waals surface area contributed by atoms with Gasteiger partial charge in [0.05, 0.1) is 0 Å². The highest BCUT2D eigenvalue weighted by atomic mass is 32.2. The van der Waals surface area contributed by atoms with Crippen molar-refractivity contribution in [1.82, 2.24) is 5.32 Å². The van der Waals surface area contributed by atoms with Crippen molar-refractivity contribution in [3.63, 3.8) is 0 Å². The molecule has 2 saturated carbocycles. The summed E-state index contributed by atoms with van der Waals surface area (Å²) in [6, 6.07) is 0.834. The Hall–Kier alpha value is 0.310. The van der Waals surface area contributed by atoms with Crippen molar-refractivity contribution in [2.75, 3.05) is 12.8 Å². The van der Waals surface area contributed by atoms with E-state index in [1.54, 1.807) is 0 Å². The summed E-state index contributed by atoms with van der Waals surface area (Å²) in [5, 5.41) is 4.63. The fourth-order valence-electron chi connectivity index (χ4n) is 2.08. The van der Waals surface area contributed by atoms with Gasteiger partial charge < -0.3 is 5.32 Å². The van der Waals surface area contributed by atoms with E-state index in [9.17, 15) is 0 Å². The molecule has 2 aliphatic carbocycles. The van der Waals surface area contributed by atoms with Crippen LogP contribution in [0.2, 0.25) is 0 Å². The molecule has 70 valence electrons. The summed E-state index contributed by atoms with van der Waals surface area (Å²) in [6.07, 6.45) is 9.49. The van der Waals surface area contributed by atoms with Crippen molar-refractivity contribution in [2.45, 2.75) is 43.4 Å². The summed E-state index contributed by atoms with van der Waals surface area (Å²) < 4.78 is 0. The second-order valence-corrected chi connectivity index (χ2v) is 5.24. The van der Waals surface area contributed by atoms with E-state index in [1.165, 1.54) is 38.6 Å². The van der Waals surface area contributed by atoms with Gasteiger partial charge in [0, 0.05) is 11.3 Å². The quantitative estimate of drug-likeness (QED) is 0.721. The molecule has 0 aromatic carbocycles. The van der Waals surface area contributed by atoms with E-state index in [0.29, 0.717) is 0 Å². The maximum absolute atomic E-state index is 3.72. The monoisotopic (exact) mass is 185 g/mol. The molecule has 2 heteroatoms. The van der Waals surface area contributed by atoms with E-state index >= 15 is 0 Å². The molecule has 2 aliphatic rings. The van der Waals surface area contributed by atoms with Gasteiger partial charge in [-0.25, -0.2) is 0 Å². The van der Waals surface area contributed by atoms with Gasteiger partial charge in [-0.15, -0.1) is 0 Å². The van der Waals surface area contributed by atoms with Crippen LogP contribution >= 0.6 is 11.8 Å². The molecule has 2 fully saturated rings. The van der Waals surface area contributed by atoms with Crippen molar-refractivity contribution in [3.8, 4) is 0 Å². The Kier molecular flexibility index (Phi) is 2.97. The zero-order valence-electron chi connectivity index (χ0n) is 7.88.